The predicted octanol–water partition coefficient (Wildman–Crippen LogP) is 3.54. The molecule has 2 nitrogen and oxygen atoms in total. The smallest absolute Gasteiger partial charge is 0.305 e. The van der Waals surface area contributed by atoms with Crippen LogP contribution in [0.25, 0.3) is 0 Å². The zero-order chi connectivity index (χ0) is 8.41. The van der Waals surface area contributed by atoms with Gasteiger partial charge in [-0.1, -0.05) is 0 Å². The quantitative estimate of drug-likeness (QED) is 0.524. The minimum absolute atomic E-state index is 1.34. The number of hydrogen-bond acceptors (Lipinski definition) is 2. The topological polar surface area (TPSA) is 26.3 Å². The van der Waals surface area contributed by atoms with Gasteiger partial charge in [0.05, 0.1) is 0 Å². The van der Waals surface area contributed by atoms with Gasteiger partial charge >= 0.3 is 8.83 Å². The Balaban J connectivity index is 3.67. The van der Waals surface area contributed by atoms with E-state index in [0.29, 0.717) is 0 Å². The van der Waals surface area contributed by atoms with Crippen molar-refractivity contribution >= 4 is 46.7 Å². The van der Waals surface area contributed by atoms with Crippen LogP contribution in [0.1, 0.15) is 0 Å². The first-order chi connectivity index (χ1) is 4.21. The molecule has 10 heavy (non-hydrogen) atoms. The molecule has 62 valence electrons. The second-order valence-corrected chi connectivity index (χ2v) is 15.6. The number of hydrogen-bond donors (Lipinski definition) is 0. The predicted molar refractivity (Wildman–Crippen MR) is 47.7 cm³/mol. The van der Waals surface area contributed by atoms with Gasteiger partial charge in [0.2, 0.25) is 0 Å². The van der Waals surface area contributed by atoms with E-state index in [1.165, 1.54) is 44.1 Å². The summed E-state index contributed by atoms with van der Waals surface area (Å²) < 4.78 is 45.5. The molecule has 0 rings (SSSR count). The zero-order valence-electron chi connectivity index (χ0n) is 4.36. The molecule has 0 bridgehead atoms. The largest absolute Gasteiger partial charge is 0.412 e. The van der Waals surface area contributed by atoms with Crippen molar-refractivity contribution in [1.82, 2.24) is 0 Å². The summed E-state index contributed by atoms with van der Waals surface area (Å²) in [5.74, 6) is 0. The molecule has 0 spiro atoms. The van der Waals surface area contributed by atoms with E-state index in [0.717, 1.165) is 0 Å². The lowest BCUT2D eigenvalue weighted by molar-refractivity contribution is -0.152. The number of alkyl halides is 3. The fourth-order valence-corrected chi connectivity index (χ4v) is 1.28. The highest BCUT2D eigenvalue weighted by molar-refractivity contribution is 14.3. The monoisotopic (exact) mass is 400 g/mol. The van der Waals surface area contributed by atoms with E-state index >= 15 is 0 Å². The molecule has 8 heteroatoms. The van der Waals surface area contributed by atoms with Crippen LogP contribution in [0.2, 0.25) is 0 Å². The molecule has 0 N–H and O–H groups in total. The molecular formula is C2H2F3I2O2P. The Morgan fingerprint density at radius 1 is 1.40 bits per heavy atom. The van der Waals surface area contributed by atoms with Crippen LogP contribution in [0.15, 0.2) is 0 Å². The van der Waals surface area contributed by atoms with Gasteiger partial charge in [0, 0.05) is 44.1 Å². The van der Waals surface area contributed by atoms with Gasteiger partial charge < -0.3 is 4.52 Å². The molecule has 0 aromatic rings. The average molecular weight is 400 g/mol. The highest BCUT2D eigenvalue weighted by atomic mass is 127. The summed E-state index contributed by atoms with van der Waals surface area (Å²) in [4.78, 5) is 0. The van der Waals surface area contributed by atoms with Gasteiger partial charge in [0.15, 0.2) is 6.61 Å². The Bertz CT molecular complexity index is 151. The average Bonchev–Trinajstić information content (AvgIpc) is 1.57. The van der Waals surface area contributed by atoms with Crippen LogP contribution >= 0.6 is 46.7 Å². The van der Waals surface area contributed by atoms with Crippen molar-refractivity contribution in [2.45, 2.75) is 6.18 Å². The summed E-state index contributed by atoms with van der Waals surface area (Å²) in [6.45, 7) is -1.45. The van der Waals surface area contributed by atoms with Crippen LogP contribution in [-0.4, -0.2) is 12.8 Å². The van der Waals surface area contributed by atoms with Gasteiger partial charge in [-0.2, -0.15) is 13.2 Å². The summed E-state index contributed by atoms with van der Waals surface area (Å²) in [5, 5.41) is 0. The maximum atomic E-state index is 11.3. The molecule has 0 aliphatic heterocycles. The van der Waals surface area contributed by atoms with Gasteiger partial charge in [0.25, 0.3) is 0 Å². The van der Waals surface area contributed by atoms with Crippen molar-refractivity contribution in [3.8, 4) is 0 Å². The van der Waals surface area contributed by atoms with Gasteiger partial charge in [-0.3, -0.25) is 4.57 Å². The summed E-state index contributed by atoms with van der Waals surface area (Å²) in [6, 6.07) is 0. The van der Waals surface area contributed by atoms with Crippen molar-refractivity contribution in [1.29, 1.82) is 0 Å². The molecule has 0 saturated heterocycles. The van der Waals surface area contributed by atoms with Crippen molar-refractivity contribution in [2.24, 2.45) is 0 Å². The lowest BCUT2D eigenvalue weighted by Crippen LogP contribution is -2.14. The van der Waals surface area contributed by atoms with Crippen molar-refractivity contribution < 1.29 is 22.3 Å². The summed E-state index contributed by atoms with van der Waals surface area (Å²) >= 11 is 2.67. The fraction of sp³-hybridized carbons (Fsp3) is 1.00. The molecule has 0 atom stereocenters. The number of rotatable bonds is 2. The Hall–Kier alpha value is 1.44. The molecule has 0 aromatic carbocycles. The maximum absolute atomic E-state index is 11.3. The molecule has 0 fully saturated rings. The van der Waals surface area contributed by atoms with Crippen LogP contribution < -0.4 is 0 Å². The van der Waals surface area contributed by atoms with Crippen molar-refractivity contribution in [3.63, 3.8) is 0 Å². The van der Waals surface area contributed by atoms with Gasteiger partial charge in [-0.25, -0.2) is 0 Å². The molecule has 0 aromatic heterocycles. The molecule has 0 amide bonds. The van der Waals surface area contributed by atoms with E-state index in [1.54, 1.807) is 0 Å². The third-order valence-corrected chi connectivity index (χ3v) is 2.48. The van der Waals surface area contributed by atoms with E-state index in [1.807, 2.05) is 0 Å². The van der Waals surface area contributed by atoms with E-state index in [-0.39, 0.29) is 0 Å². The summed E-state index contributed by atoms with van der Waals surface area (Å²) in [6.07, 6.45) is -4.40. The van der Waals surface area contributed by atoms with Gasteiger partial charge in [-0.05, 0) is 0 Å². The van der Waals surface area contributed by atoms with Crippen LogP contribution in [0.3, 0.4) is 0 Å². The third-order valence-electron chi connectivity index (χ3n) is 0.379. The van der Waals surface area contributed by atoms with Crippen molar-refractivity contribution in [3.05, 3.63) is 0 Å². The minimum Gasteiger partial charge on any atom is -0.305 e. The van der Waals surface area contributed by atoms with Crippen molar-refractivity contribution in [2.75, 3.05) is 6.61 Å². The maximum Gasteiger partial charge on any atom is 0.412 e. The normalized spacial score (nSPS) is 13.7. The summed E-state index contributed by atoms with van der Waals surface area (Å²) in [7, 11) is 0. The van der Waals surface area contributed by atoms with E-state index in [4.69, 9.17) is 0 Å². The molecule has 0 saturated carbocycles. The second-order valence-electron chi connectivity index (χ2n) is 1.30. The Morgan fingerprint density at radius 3 is 1.90 bits per heavy atom. The lowest BCUT2D eigenvalue weighted by atomic mass is 10.7. The van der Waals surface area contributed by atoms with Gasteiger partial charge in [0.1, 0.15) is 0 Å². The SMILES string of the molecule is O=P(I)(I)OCC(F)(F)F. The first kappa shape index (κ1) is 11.4. The standard InChI is InChI=1S/C2H2F3I2O2P/c3-2(4,5)1-9-10(6,7)8/h1H2. The van der Waals surface area contributed by atoms with E-state index in [9.17, 15) is 17.7 Å². The number of halogens is 5. The first-order valence-electron chi connectivity index (χ1n) is 1.91. The Kier molecular flexibility index (Phi) is 4.46. The summed E-state index contributed by atoms with van der Waals surface area (Å²) in [5.41, 5.74) is 0. The van der Waals surface area contributed by atoms with Gasteiger partial charge in [-0.15, -0.1) is 0 Å². The van der Waals surface area contributed by atoms with Crippen LogP contribution in [0, 0.1) is 0 Å². The highest BCUT2D eigenvalue weighted by Crippen LogP contribution is 2.64. The molecule has 0 unspecified atom stereocenters. The Labute approximate surface area is 81.3 Å². The van der Waals surface area contributed by atoms with Crippen LogP contribution in [0.4, 0.5) is 13.2 Å². The zero-order valence-corrected chi connectivity index (χ0v) is 9.57. The first-order valence-corrected chi connectivity index (χ1v) is 9.11. The molecule has 0 aliphatic rings. The Morgan fingerprint density at radius 2 is 1.80 bits per heavy atom. The van der Waals surface area contributed by atoms with Crippen LogP contribution in [-0.2, 0) is 9.09 Å². The second kappa shape index (κ2) is 3.90. The molecular weight excluding hydrogens is 398 g/mol. The molecule has 0 radical (unpaired) electrons. The molecule has 0 aliphatic carbocycles. The minimum atomic E-state index is -4.40. The fourth-order valence-electron chi connectivity index (χ4n) is 0.148. The lowest BCUT2D eigenvalue weighted by Gasteiger charge is -2.07. The molecule has 0 heterocycles. The highest BCUT2D eigenvalue weighted by Gasteiger charge is 2.31. The van der Waals surface area contributed by atoms with Crippen LogP contribution in [0.5, 0.6) is 0 Å². The third kappa shape index (κ3) is 9.44. The van der Waals surface area contributed by atoms with E-state index < -0.39 is 15.4 Å². The van der Waals surface area contributed by atoms with E-state index in [2.05, 4.69) is 4.52 Å².